The molecule has 1 unspecified atom stereocenters. The lowest BCUT2D eigenvalue weighted by Gasteiger charge is -2.36. The van der Waals surface area contributed by atoms with E-state index in [4.69, 9.17) is 0 Å². The van der Waals surface area contributed by atoms with Crippen molar-refractivity contribution in [3.05, 3.63) is 107 Å². The number of allylic oxidation sites excluding steroid dienone is 1. The van der Waals surface area contributed by atoms with Gasteiger partial charge in [0.2, 0.25) is 0 Å². The van der Waals surface area contributed by atoms with Gasteiger partial charge in [-0.25, -0.2) is 8.78 Å². The van der Waals surface area contributed by atoms with Crippen LogP contribution in [0.2, 0.25) is 0 Å². The predicted octanol–water partition coefficient (Wildman–Crippen LogP) is 5.55. The molecule has 0 spiro atoms. The Balaban J connectivity index is 1.57. The van der Waals surface area contributed by atoms with Gasteiger partial charge in [-0.2, -0.15) is 0 Å². The maximum Gasteiger partial charge on any atom is 0.254 e. The Labute approximate surface area is 196 Å². The highest BCUT2D eigenvalue weighted by atomic mass is 19.1. The van der Waals surface area contributed by atoms with E-state index in [0.717, 1.165) is 5.69 Å². The van der Waals surface area contributed by atoms with Gasteiger partial charge in [0, 0.05) is 29.3 Å². The largest absolute Gasteiger partial charge is 0.344 e. The van der Waals surface area contributed by atoms with Gasteiger partial charge >= 0.3 is 0 Å². The van der Waals surface area contributed by atoms with Crippen LogP contribution >= 0.6 is 0 Å². The van der Waals surface area contributed by atoms with Crippen molar-refractivity contribution in [2.45, 2.75) is 32.4 Å². The number of benzene rings is 3. The minimum atomic E-state index is -0.658. The summed E-state index contributed by atoms with van der Waals surface area (Å²) in [6, 6.07) is 19.5. The smallest absolute Gasteiger partial charge is 0.254 e. The van der Waals surface area contributed by atoms with Crippen LogP contribution in [0.5, 0.6) is 0 Å². The zero-order valence-electron chi connectivity index (χ0n) is 18.7. The molecule has 0 bridgehead atoms. The standard InChI is InChI=1S/C28H24F2N2O2/c1-17-26(21-11-6-12-24(30)23(21)16-32(17)20-9-3-2-4-10-20)28(34)31-27(22-13-14-25(22)33)18-7-5-8-19(29)15-18/h2-12,15,22,27H,13-14,16H2,1H3,(H,31,34)/t22?,27-/m1/s1. The molecule has 2 aliphatic rings. The number of hydrogen-bond donors (Lipinski definition) is 1. The summed E-state index contributed by atoms with van der Waals surface area (Å²) in [6.45, 7) is 2.13. The van der Waals surface area contributed by atoms with Crippen LogP contribution in [0, 0.1) is 17.6 Å². The Morgan fingerprint density at radius 1 is 1.03 bits per heavy atom. The average Bonchev–Trinajstić information content (AvgIpc) is 2.83. The first-order valence-corrected chi connectivity index (χ1v) is 11.3. The van der Waals surface area contributed by atoms with E-state index in [1.54, 1.807) is 24.3 Å². The number of ketones is 1. The number of fused-ring (bicyclic) bond motifs is 1. The SMILES string of the molecule is CC1=C(C(=O)N[C@H](c2cccc(F)c2)C2CCC2=O)c2cccc(F)c2CN1c1ccccc1. The van der Waals surface area contributed by atoms with Crippen LogP contribution in [0.1, 0.15) is 42.5 Å². The zero-order chi connectivity index (χ0) is 23.8. The molecule has 1 amide bonds. The summed E-state index contributed by atoms with van der Waals surface area (Å²) in [7, 11) is 0. The number of anilines is 1. The van der Waals surface area contributed by atoms with E-state index in [0.29, 0.717) is 47.3 Å². The first kappa shape index (κ1) is 22.0. The quantitative estimate of drug-likeness (QED) is 0.545. The fourth-order valence-corrected chi connectivity index (χ4v) is 4.85. The molecule has 3 aromatic carbocycles. The van der Waals surface area contributed by atoms with E-state index in [1.165, 1.54) is 18.2 Å². The molecule has 1 heterocycles. The molecule has 0 radical (unpaired) electrons. The number of halogens is 2. The van der Waals surface area contributed by atoms with Gasteiger partial charge in [0.1, 0.15) is 17.4 Å². The minimum Gasteiger partial charge on any atom is -0.344 e. The third kappa shape index (κ3) is 3.89. The molecule has 1 aliphatic heterocycles. The van der Waals surface area contributed by atoms with Gasteiger partial charge in [-0.3, -0.25) is 9.59 Å². The van der Waals surface area contributed by atoms with E-state index >= 15 is 0 Å². The normalized spacial score (nSPS) is 18.3. The Morgan fingerprint density at radius 3 is 2.47 bits per heavy atom. The summed E-state index contributed by atoms with van der Waals surface area (Å²) in [4.78, 5) is 28.0. The van der Waals surface area contributed by atoms with Crippen molar-refractivity contribution in [2.75, 3.05) is 4.90 Å². The maximum absolute atomic E-state index is 14.9. The lowest BCUT2D eigenvalue weighted by molar-refractivity contribution is -0.131. The molecule has 6 heteroatoms. The van der Waals surface area contributed by atoms with Crippen LogP contribution in [-0.2, 0) is 16.1 Å². The lowest BCUT2D eigenvalue weighted by Crippen LogP contribution is -2.42. The van der Waals surface area contributed by atoms with Crippen LogP contribution in [0.25, 0.3) is 5.57 Å². The number of carbonyl (C=O) groups excluding carboxylic acids is 2. The minimum absolute atomic E-state index is 0.0428. The van der Waals surface area contributed by atoms with Crippen molar-refractivity contribution >= 4 is 23.0 Å². The van der Waals surface area contributed by atoms with Gasteiger partial charge in [0.15, 0.2) is 0 Å². The molecule has 1 N–H and O–H groups in total. The third-order valence-electron chi connectivity index (χ3n) is 6.78. The van der Waals surface area contributed by atoms with Crippen molar-refractivity contribution in [3.8, 4) is 0 Å². The second-order valence-corrected chi connectivity index (χ2v) is 8.77. The fraction of sp³-hybridized carbons (Fsp3) is 0.214. The van der Waals surface area contributed by atoms with Crippen molar-refractivity contribution in [2.24, 2.45) is 5.92 Å². The third-order valence-corrected chi connectivity index (χ3v) is 6.78. The molecule has 0 saturated heterocycles. The van der Waals surface area contributed by atoms with Gasteiger partial charge < -0.3 is 10.2 Å². The molecule has 0 aromatic heterocycles. The molecule has 1 saturated carbocycles. The van der Waals surface area contributed by atoms with E-state index in [9.17, 15) is 18.4 Å². The second kappa shape index (κ2) is 8.86. The van der Waals surface area contributed by atoms with Crippen molar-refractivity contribution in [1.29, 1.82) is 0 Å². The van der Waals surface area contributed by atoms with E-state index in [1.807, 2.05) is 42.2 Å². The fourth-order valence-electron chi connectivity index (χ4n) is 4.85. The summed E-state index contributed by atoms with van der Waals surface area (Å²) in [6.07, 6.45) is 1.07. The highest BCUT2D eigenvalue weighted by Gasteiger charge is 2.39. The molecule has 172 valence electrons. The zero-order valence-corrected chi connectivity index (χ0v) is 18.7. The number of nitrogens with one attached hydrogen (secondary N) is 1. The predicted molar refractivity (Wildman–Crippen MR) is 127 cm³/mol. The Kier molecular flexibility index (Phi) is 5.74. The number of carbonyl (C=O) groups is 2. The highest BCUT2D eigenvalue weighted by Crippen LogP contribution is 2.39. The Bertz CT molecular complexity index is 1300. The van der Waals surface area contributed by atoms with Crippen molar-refractivity contribution < 1.29 is 18.4 Å². The van der Waals surface area contributed by atoms with Crippen LogP contribution < -0.4 is 10.2 Å². The van der Waals surface area contributed by atoms with Crippen molar-refractivity contribution in [1.82, 2.24) is 5.32 Å². The molecular formula is C28H24F2N2O2. The van der Waals surface area contributed by atoms with Crippen LogP contribution in [0.15, 0.2) is 78.5 Å². The molecule has 4 nitrogen and oxygen atoms in total. The second-order valence-electron chi connectivity index (χ2n) is 8.77. The van der Waals surface area contributed by atoms with Gasteiger partial charge in [-0.15, -0.1) is 0 Å². The molecule has 5 rings (SSSR count). The molecule has 34 heavy (non-hydrogen) atoms. The molecule has 1 fully saturated rings. The van der Waals surface area contributed by atoms with E-state index in [2.05, 4.69) is 5.32 Å². The summed E-state index contributed by atoms with van der Waals surface area (Å²) in [5.41, 5.74) is 3.37. The van der Waals surface area contributed by atoms with Crippen LogP contribution in [0.4, 0.5) is 14.5 Å². The molecule has 3 aromatic rings. The molecule has 2 atom stereocenters. The van der Waals surface area contributed by atoms with Gasteiger partial charge in [0.05, 0.1) is 18.2 Å². The average molecular weight is 459 g/mol. The van der Waals surface area contributed by atoms with Gasteiger partial charge in [-0.1, -0.05) is 42.5 Å². The number of nitrogens with zero attached hydrogens (tertiary/aromatic N) is 1. The summed E-state index contributed by atoms with van der Waals surface area (Å²) >= 11 is 0. The van der Waals surface area contributed by atoms with Crippen molar-refractivity contribution in [3.63, 3.8) is 0 Å². The Hall–Kier alpha value is -3.80. The van der Waals surface area contributed by atoms with E-state index < -0.39 is 23.7 Å². The summed E-state index contributed by atoms with van der Waals surface area (Å²) in [5, 5.41) is 2.99. The molecule has 1 aliphatic carbocycles. The number of amides is 1. The summed E-state index contributed by atoms with van der Waals surface area (Å²) in [5.74, 6) is -1.60. The maximum atomic E-state index is 14.9. The van der Waals surface area contributed by atoms with Gasteiger partial charge in [-0.05, 0) is 54.8 Å². The monoisotopic (exact) mass is 458 g/mol. The van der Waals surface area contributed by atoms with Crippen LogP contribution in [-0.4, -0.2) is 11.7 Å². The Morgan fingerprint density at radius 2 is 1.79 bits per heavy atom. The van der Waals surface area contributed by atoms with Gasteiger partial charge in [0.25, 0.3) is 5.91 Å². The van der Waals surface area contributed by atoms with Crippen LogP contribution in [0.3, 0.4) is 0 Å². The number of para-hydroxylation sites is 1. The number of rotatable bonds is 5. The first-order valence-electron chi connectivity index (χ1n) is 11.3. The first-order chi connectivity index (χ1) is 16.4. The molecular weight excluding hydrogens is 434 g/mol. The van der Waals surface area contributed by atoms with E-state index in [-0.39, 0.29) is 11.6 Å². The lowest BCUT2D eigenvalue weighted by atomic mass is 9.75. The summed E-state index contributed by atoms with van der Waals surface area (Å²) < 4.78 is 28.9. The number of hydrogen-bond acceptors (Lipinski definition) is 3. The topological polar surface area (TPSA) is 49.4 Å². The number of Topliss-reactive ketones (excluding diaryl/α,β-unsaturated/α-hetero) is 1. The highest BCUT2D eigenvalue weighted by molar-refractivity contribution is 6.22.